The van der Waals surface area contributed by atoms with Gasteiger partial charge < -0.3 is 10.2 Å². The molecule has 4 aromatic carbocycles. The third kappa shape index (κ3) is 7.89. The second kappa shape index (κ2) is 14.3. The lowest BCUT2D eigenvalue weighted by Gasteiger charge is -2.34. The maximum Gasteiger partial charge on any atom is 0.264 e. The summed E-state index contributed by atoms with van der Waals surface area (Å²) in [4.78, 5) is 29.1. The van der Waals surface area contributed by atoms with Crippen LogP contribution in [0.1, 0.15) is 16.7 Å². The highest BCUT2D eigenvalue weighted by Crippen LogP contribution is 2.30. The van der Waals surface area contributed by atoms with E-state index < -0.39 is 34.4 Å². The number of sulfonamides is 1. The van der Waals surface area contributed by atoms with Crippen molar-refractivity contribution in [2.75, 3.05) is 17.9 Å². The van der Waals surface area contributed by atoms with Gasteiger partial charge in [0.15, 0.2) is 0 Å². The van der Waals surface area contributed by atoms with Crippen molar-refractivity contribution in [2.45, 2.75) is 30.8 Å². The molecule has 2 amide bonds. The first-order valence-electron chi connectivity index (χ1n) is 13.3. The predicted molar refractivity (Wildman–Crippen MR) is 172 cm³/mol. The lowest BCUT2D eigenvalue weighted by Crippen LogP contribution is -2.53. The molecule has 11 heteroatoms. The van der Waals surface area contributed by atoms with E-state index >= 15 is 0 Å². The van der Waals surface area contributed by atoms with Gasteiger partial charge in [0.1, 0.15) is 12.6 Å². The summed E-state index contributed by atoms with van der Waals surface area (Å²) in [6.07, 6.45) is 0.183. The Bertz CT molecular complexity index is 1700. The summed E-state index contributed by atoms with van der Waals surface area (Å²) in [7, 11) is -2.73. The van der Waals surface area contributed by atoms with E-state index in [-0.39, 0.29) is 23.5 Å². The van der Waals surface area contributed by atoms with Crippen LogP contribution in [0.4, 0.5) is 5.69 Å². The Kier molecular flexibility index (Phi) is 10.7. The molecule has 4 aromatic rings. The highest BCUT2D eigenvalue weighted by atomic mass is 35.5. The Morgan fingerprint density at radius 2 is 1.44 bits per heavy atom. The molecule has 224 valence electrons. The van der Waals surface area contributed by atoms with Gasteiger partial charge in [0.25, 0.3) is 10.0 Å². The average Bonchev–Trinajstić information content (AvgIpc) is 2.99. The van der Waals surface area contributed by atoms with Gasteiger partial charge in [-0.25, -0.2) is 8.42 Å². The molecule has 0 aliphatic rings. The van der Waals surface area contributed by atoms with Crippen LogP contribution in [0.3, 0.4) is 0 Å². The number of amides is 2. The number of nitrogens with zero attached hydrogens (tertiary/aromatic N) is 2. The summed E-state index contributed by atoms with van der Waals surface area (Å²) in [6.45, 7) is 1.05. The third-order valence-corrected chi connectivity index (χ3v) is 9.51. The molecular formula is C32H30Cl3N3O4S. The molecule has 0 aliphatic heterocycles. The van der Waals surface area contributed by atoms with E-state index in [4.69, 9.17) is 34.8 Å². The monoisotopic (exact) mass is 657 g/mol. The van der Waals surface area contributed by atoms with Crippen molar-refractivity contribution in [3.63, 3.8) is 0 Å². The number of anilines is 1. The second-order valence-electron chi connectivity index (χ2n) is 9.83. The van der Waals surface area contributed by atoms with Gasteiger partial charge in [-0.2, -0.15) is 0 Å². The molecule has 0 spiro atoms. The molecule has 0 heterocycles. The third-order valence-electron chi connectivity index (χ3n) is 6.91. The van der Waals surface area contributed by atoms with Gasteiger partial charge >= 0.3 is 0 Å². The number of halogens is 3. The second-order valence-corrected chi connectivity index (χ2v) is 13.0. The number of hydrogen-bond acceptors (Lipinski definition) is 4. The number of hydrogen-bond donors (Lipinski definition) is 1. The van der Waals surface area contributed by atoms with E-state index in [0.29, 0.717) is 26.2 Å². The van der Waals surface area contributed by atoms with Crippen LogP contribution in [0, 0.1) is 6.92 Å². The molecule has 0 saturated carbocycles. The number of nitrogens with one attached hydrogen (secondary N) is 1. The number of carbonyl (C=O) groups is 2. The minimum Gasteiger partial charge on any atom is -0.357 e. The summed E-state index contributed by atoms with van der Waals surface area (Å²) >= 11 is 18.8. The first-order valence-corrected chi connectivity index (χ1v) is 15.9. The number of carbonyl (C=O) groups excluding carboxylic acids is 2. The first kappa shape index (κ1) is 32.4. The van der Waals surface area contributed by atoms with Crippen LogP contribution in [0.2, 0.25) is 15.1 Å². The average molecular weight is 659 g/mol. The lowest BCUT2D eigenvalue weighted by atomic mass is 10.0. The van der Waals surface area contributed by atoms with Crippen molar-refractivity contribution in [1.82, 2.24) is 10.2 Å². The van der Waals surface area contributed by atoms with Crippen LogP contribution in [-0.2, 0) is 32.6 Å². The summed E-state index contributed by atoms with van der Waals surface area (Å²) < 4.78 is 29.1. The Hall–Kier alpha value is -3.56. The van der Waals surface area contributed by atoms with Crippen LogP contribution in [0.5, 0.6) is 0 Å². The highest BCUT2D eigenvalue weighted by Gasteiger charge is 2.35. The van der Waals surface area contributed by atoms with Gasteiger partial charge in [0, 0.05) is 35.1 Å². The molecule has 0 aliphatic carbocycles. The van der Waals surface area contributed by atoms with Crippen LogP contribution < -0.4 is 9.62 Å². The zero-order valence-corrected chi connectivity index (χ0v) is 26.6. The van der Waals surface area contributed by atoms with Crippen molar-refractivity contribution in [3.05, 3.63) is 129 Å². The zero-order chi connectivity index (χ0) is 31.1. The van der Waals surface area contributed by atoms with Crippen molar-refractivity contribution in [3.8, 4) is 0 Å². The normalized spacial score (nSPS) is 11.9. The van der Waals surface area contributed by atoms with E-state index in [2.05, 4.69) is 5.32 Å². The quantitative estimate of drug-likeness (QED) is 0.198. The van der Waals surface area contributed by atoms with E-state index in [1.807, 2.05) is 30.3 Å². The summed E-state index contributed by atoms with van der Waals surface area (Å²) in [5.74, 6) is -1.02. The molecule has 7 nitrogen and oxygen atoms in total. The summed E-state index contributed by atoms with van der Waals surface area (Å²) in [5, 5.41) is 3.80. The van der Waals surface area contributed by atoms with Gasteiger partial charge in [-0.05, 0) is 66.1 Å². The van der Waals surface area contributed by atoms with Gasteiger partial charge in [0.2, 0.25) is 11.8 Å². The zero-order valence-electron chi connectivity index (χ0n) is 23.5. The molecule has 4 rings (SSSR count). The Morgan fingerprint density at radius 1 is 0.837 bits per heavy atom. The molecule has 1 atom stereocenters. The van der Waals surface area contributed by atoms with E-state index in [1.165, 1.54) is 24.1 Å². The van der Waals surface area contributed by atoms with Gasteiger partial charge in [-0.3, -0.25) is 13.9 Å². The van der Waals surface area contributed by atoms with E-state index in [9.17, 15) is 18.0 Å². The topological polar surface area (TPSA) is 86.8 Å². The first-order chi connectivity index (χ1) is 20.5. The van der Waals surface area contributed by atoms with Gasteiger partial charge in [0.05, 0.1) is 10.6 Å². The maximum absolute atomic E-state index is 14.4. The minimum absolute atomic E-state index is 0.0107. The molecule has 0 radical (unpaired) electrons. The SMILES string of the molecule is CNC(=O)C(Cc1ccccc1)N(Cc1ccc(Cl)cc1Cl)C(=O)CN(c1ccc(Cl)cc1C)S(=O)(=O)c1ccccc1. The maximum atomic E-state index is 14.4. The number of likely N-dealkylation sites (N-methyl/N-ethyl adjacent to an activating group) is 1. The molecule has 0 aromatic heterocycles. The van der Waals surface area contributed by atoms with E-state index in [0.717, 1.165) is 9.87 Å². The molecule has 0 saturated heterocycles. The fourth-order valence-electron chi connectivity index (χ4n) is 4.69. The molecule has 43 heavy (non-hydrogen) atoms. The molecule has 0 bridgehead atoms. The standard InChI is InChI=1S/C32H30Cl3N3O4S/c1-22-17-25(33)15-16-29(22)38(43(41,42)27-11-7-4-8-12-27)21-31(39)37(20-24-13-14-26(34)19-28(24)35)30(32(40)36-2)18-23-9-5-3-6-10-23/h3-17,19,30H,18,20-21H2,1-2H3,(H,36,40). The van der Waals surface area contributed by atoms with Crippen molar-refractivity contribution in [2.24, 2.45) is 0 Å². The smallest absolute Gasteiger partial charge is 0.264 e. The predicted octanol–water partition coefficient (Wildman–Crippen LogP) is 6.54. The van der Waals surface area contributed by atoms with E-state index in [1.54, 1.807) is 61.5 Å². The van der Waals surface area contributed by atoms with Crippen LogP contribution in [0.15, 0.2) is 102 Å². The Labute approximate surface area is 267 Å². The van der Waals surface area contributed by atoms with Crippen molar-refractivity contribution in [1.29, 1.82) is 0 Å². The Balaban J connectivity index is 1.82. The number of rotatable bonds is 11. The summed E-state index contributed by atoms with van der Waals surface area (Å²) in [5.41, 5.74) is 2.20. The lowest BCUT2D eigenvalue weighted by molar-refractivity contribution is -0.139. The molecular weight excluding hydrogens is 629 g/mol. The number of benzene rings is 4. The van der Waals surface area contributed by atoms with Crippen molar-refractivity contribution < 1.29 is 18.0 Å². The fourth-order valence-corrected chi connectivity index (χ4v) is 6.88. The van der Waals surface area contributed by atoms with Gasteiger partial charge in [-0.1, -0.05) is 89.4 Å². The minimum atomic E-state index is -4.22. The van der Waals surface area contributed by atoms with Crippen LogP contribution in [-0.4, -0.2) is 44.8 Å². The number of aryl methyl sites for hydroxylation is 1. The molecule has 1 unspecified atom stereocenters. The van der Waals surface area contributed by atoms with Gasteiger partial charge in [-0.15, -0.1) is 0 Å². The molecule has 1 N–H and O–H groups in total. The van der Waals surface area contributed by atoms with Crippen molar-refractivity contribution >= 4 is 62.3 Å². The summed E-state index contributed by atoms with van der Waals surface area (Å²) in [6, 6.07) is 25.7. The van der Waals surface area contributed by atoms with Crippen LogP contribution >= 0.6 is 34.8 Å². The molecule has 0 fully saturated rings. The largest absolute Gasteiger partial charge is 0.357 e. The fraction of sp³-hybridized carbons (Fsp3) is 0.188. The Morgan fingerprint density at radius 3 is 2.05 bits per heavy atom. The highest BCUT2D eigenvalue weighted by molar-refractivity contribution is 7.92. The van der Waals surface area contributed by atoms with Crippen LogP contribution in [0.25, 0.3) is 0 Å².